The van der Waals surface area contributed by atoms with E-state index in [4.69, 9.17) is 15.0 Å². The molecule has 0 aromatic carbocycles. The van der Waals surface area contributed by atoms with Gasteiger partial charge in [0.25, 0.3) is 0 Å². The summed E-state index contributed by atoms with van der Waals surface area (Å²) in [5, 5.41) is 17.5. The van der Waals surface area contributed by atoms with Gasteiger partial charge in [-0.2, -0.15) is 0 Å². The molecule has 0 heterocycles. The van der Waals surface area contributed by atoms with Crippen LogP contribution < -0.4 is 5.32 Å². The van der Waals surface area contributed by atoms with Crippen LogP contribution in [-0.2, 0) is 0 Å². The lowest BCUT2D eigenvalue weighted by molar-refractivity contribution is 0.137. The summed E-state index contributed by atoms with van der Waals surface area (Å²) in [5.74, 6) is 0. The lowest BCUT2D eigenvalue weighted by Gasteiger charge is -2.04. The van der Waals surface area contributed by atoms with Crippen molar-refractivity contribution < 1.29 is 15.0 Å². The molecule has 0 aliphatic rings. The summed E-state index contributed by atoms with van der Waals surface area (Å²) in [4.78, 5) is 8.56. The molecule has 0 aromatic rings. The van der Waals surface area contributed by atoms with Gasteiger partial charge in [-0.05, 0) is 25.9 Å². The van der Waals surface area contributed by atoms with Crippen molar-refractivity contribution in [1.29, 1.82) is 0 Å². The molecule has 0 aliphatic heterocycles. The van der Waals surface area contributed by atoms with Crippen molar-refractivity contribution in [2.45, 2.75) is 90.9 Å². The zero-order valence-corrected chi connectivity index (χ0v) is 14.2. The van der Waals surface area contributed by atoms with Crippen molar-refractivity contribution in [2.24, 2.45) is 0 Å². The molecule has 0 radical (unpaired) electrons. The molecule has 21 heavy (non-hydrogen) atoms. The Bertz CT molecular complexity index is 180. The number of rotatable bonds is 14. The molecule has 0 aromatic heterocycles. The Labute approximate surface area is 131 Å². The van der Waals surface area contributed by atoms with Crippen LogP contribution >= 0.6 is 0 Å². The van der Waals surface area contributed by atoms with E-state index < -0.39 is 6.16 Å². The summed E-state index contributed by atoms with van der Waals surface area (Å²) in [7, 11) is 0. The third-order valence-electron chi connectivity index (χ3n) is 3.41. The molecule has 128 valence electrons. The van der Waals surface area contributed by atoms with Crippen LogP contribution in [0.2, 0.25) is 0 Å². The van der Waals surface area contributed by atoms with Gasteiger partial charge in [0, 0.05) is 0 Å². The minimum Gasteiger partial charge on any atom is -0.450 e. The van der Waals surface area contributed by atoms with Gasteiger partial charge in [0.1, 0.15) is 0 Å². The molecule has 0 unspecified atom stereocenters. The first kappa shape index (κ1) is 22.5. The van der Waals surface area contributed by atoms with Gasteiger partial charge in [0.15, 0.2) is 0 Å². The number of unbranched alkanes of at least 4 members (excludes halogenated alkanes) is 10. The molecule has 0 amide bonds. The van der Waals surface area contributed by atoms with Crippen molar-refractivity contribution >= 4 is 6.16 Å². The molecule has 0 atom stereocenters. The highest BCUT2D eigenvalue weighted by atomic mass is 16.6. The number of carbonyl (C=O) groups is 1. The summed E-state index contributed by atoms with van der Waals surface area (Å²) in [6, 6.07) is 0. The van der Waals surface area contributed by atoms with E-state index in [9.17, 15) is 0 Å². The fraction of sp³-hybridized carbons (Fsp3) is 0.941. The van der Waals surface area contributed by atoms with Gasteiger partial charge in [-0.25, -0.2) is 4.79 Å². The average molecular weight is 303 g/mol. The normalized spacial score (nSPS) is 10.0. The van der Waals surface area contributed by atoms with Gasteiger partial charge in [0.05, 0.1) is 0 Å². The second-order valence-corrected chi connectivity index (χ2v) is 5.57. The Balaban J connectivity index is 0. The third kappa shape index (κ3) is 32.6. The standard InChI is InChI=1S/C16H35N.CH2O3/c1-3-5-7-9-11-13-15-17-16-14-12-10-8-6-4-2;2-1(3)4/h17H,3-16H2,1-2H3;(H2,2,3,4). The van der Waals surface area contributed by atoms with Crippen LogP contribution in [0.4, 0.5) is 4.79 Å². The Kier molecular flexibility index (Phi) is 23.1. The molecule has 0 rings (SSSR count). The molecular formula is C17H37NO3. The Morgan fingerprint density at radius 2 is 0.952 bits per heavy atom. The Hall–Kier alpha value is -0.770. The van der Waals surface area contributed by atoms with Gasteiger partial charge in [0.2, 0.25) is 0 Å². The summed E-state index contributed by atoms with van der Waals surface area (Å²) in [5.41, 5.74) is 0. The fourth-order valence-electron chi connectivity index (χ4n) is 2.19. The van der Waals surface area contributed by atoms with Gasteiger partial charge < -0.3 is 15.5 Å². The summed E-state index contributed by atoms with van der Waals surface area (Å²) >= 11 is 0. The maximum absolute atomic E-state index is 8.56. The smallest absolute Gasteiger partial charge is 0.450 e. The molecule has 0 spiro atoms. The molecule has 3 N–H and O–H groups in total. The first-order valence-corrected chi connectivity index (χ1v) is 8.77. The van der Waals surface area contributed by atoms with E-state index in [1.54, 1.807) is 0 Å². The van der Waals surface area contributed by atoms with Crippen molar-refractivity contribution in [3.05, 3.63) is 0 Å². The van der Waals surface area contributed by atoms with Crippen LogP contribution in [0.3, 0.4) is 0 Å². The topological polar surface area (TPSA) is 69.6 Å². The highest BCUT2D eigenvalue weighted by Gasteiger charge is 1.92. The largest absolute Gasteiger partial charge is 0.503 e. The summed E-state index contributed by atoms with van der Waals surface area (Å²) < 4.78 is 0. The van der Waals surface area contributed by atoms with Crippen LogP contribution in [0.1, 0.15) is 90.9 Å². The lowest BCUT2D eigenvalue weighted by atomic mass is 10.1. The molecule has 0 bridgehead atoms. The highest BCUT2D eigenvalue weighted by molar-refractivity contribution is 5.53. The van der Waals surface area contributed by atoms with Crippen LogP contribution in [0.25, 0.3) is 0 Å². The molecule has 0 aliphatic carbocycles. The van der Waals surface area contributed by atoms with E-state index in [-0.39, 0.29) is 0 Å². The van der Waals surface area contributed by atoms with Crippen molar-refractivity contribution in [3.63, 3.8) is 0 Å². The second-order valence-electron chi connectivity index (χ2n) is 5.57. The first-order valence-electron chi connectivity index (χ1n) is 8.77. The van der Waals surface area contributed by atoms with Gasteiger partial charge >= 0.3 is 6.16 Å². The third-order valence-corrected chi connectivity index (χ3v) is 3.41. The van der Waals surface area contributed by atoms with Crippen LogP contribution in [0.15, 0.2) is 0 Å². The van der Waals surface area contributed by atoms with Gasteiger partial charge in [-0.1, -0.05) is 78.1 Å². The first-order chi connectivity index (χ1) is 10.1. The SMILES string of the molecule is CCCCCCCCNCCCCCCCC.O=C(O)O. The minimum absolute atomic E-state index is 1.24. The zero-order chi connectivity index (χ0) is 16.2. The molecule has 0 saturated carbocycles. The van der Waals surface area contributed by atoms with E-state index in [1.807, 2.05) is 0 Å². The molecular weight excluding hydrogens is 266 g/mol. The molecule has 0 fully saturated rings. The van der Waals surface area contributed by atoms with E-state index in [1.165, 1.54) is 90.1 Å². The van der Waals surface area contributed by atoms with E-state index >= 15 is 0 Å². The van der Waals surface area contributed by atoms with E-state index in [2.05, 4.69) is 19.2 Å². The van der Waals surface area contributed by atoms with Gasteiger partial charge in [-0.15, -0.1) is 0 Å². The average Bonchev–Trinajstić information content (AvgIpc) is 2.43. The molecule has 0 saturated heterocycles. The predicted molar refractivity (Wildman–Crippen MR) is 90.3 cm³/mol. The van der Waals surface area contributed by atoms with E-state index in [0.717, 1.165) is 0 Å². The quantitative estimate of drug-likeness (QED) is 0.370. The van der Waals surface area contributed by atoms with Crippen molar-refractivity contribution in [3.8, 4) is 0 Å². The van der Waals surface area contributed by atoms with Crippen molar-refractivity contribution in [2.75, 3.05) is 13.1 Å². The second kappa shape index (κ2) is 21.5. The maximum atomic E-state index is 8.56. The Morgan fingerprint density at radius 3 is 1.29 bits per heavy atom. The zero-order valence-electron chi connectivity index (χ0n) is 14.2. The molecule has 4 nitrogen and oxygen atoms in total. The lowest BCUT2D eigenvalue weighted by Crippen LogP contribution is -2.16. The van der Waals surface area contributed by atoms with Crippen molar-refractivity contribution in [1.82, 2.24) is 5.32 Å². The van der Waals surface area contributed by atoms with Crippen LogP contribution in [-0.4, -0.2) is 29.5 Å². The summed E-state index contributed by atoms with van der Waals surface area (Å²) in [6.07, 6.45) is 15.1. The Morgan fingerprint density at radius 1 is 0.667 bits per heavy atom. The van der Waals surface area contributed by atoms with Gasteiger partial charge in [-0.3, -0.25) is 0 Å². The number of hydrogen-bond donors (Lipinski definition) is 3. The number of hydrogen-bond acceptors (Lipinski definition) is 2. The van der Waals surface area contributed by atoms with Crippen LogP contribution in [0.5, 0.6) is 0 Å². The van der Waals surface area contributed by atoms with E-state index in [0.29, 0.717) is 0 Å². The molecule has 4 heteroatoms. The maximum Gasteiger partial charge on any atom is 0.503 e. The number of nitrogens with one attached hydrogen (secondary N) is 1. The van der Waals surface area contributed by atoms with Crippen LogP contribution in [0, 0.1) is 0 Å². The fourth-order valence-corrected chi connectivity index (χ4v) is 2.19. The summed E-state index contributed by atoms with van der Waals surface area (Å²) in [6.45, 7) is 7.03. The highest BCUT2D eigenvalue weighted by Crippen LogP contribution is 2.05. The number of carboxylic acid groups (broad SMARTS) is 2. The monoisotopic (exact) mass is 303 g/mol. The minimum atomic E-state index is -1.83. The predicted octanol–water partition coefficient (Wildman–Crippen LogP) is 5.52.